The fourth-order valence-electron chi connectivity index (χ4n) is 4.63. The van der Waals surface area contributed by atoms with Crippen molar-refractivity contribution in [2.75, 3.05) is 25.5 Å². The molecule has 0 unspecified atom stereocenters. The number of pyridine rings is 2. The summed E-state index contributed by atoms with van der Waals surface area (Å²) in [6.45, 7) is 4.80. The van der Waals surface area contributed by atoms with E-state index >= 15 is 0 Å². The number of aromatic nitrogens is 2. The highest BCUT2D eigenvalue weighted by Gasteiger charge is 2.31. The lowest BCUT2D eigenvalue weighted by atomic mass is 9.94. The molecule has 1 aliphatic rings. The number of nitrogens with zero attached hydrogens (tertiary/aromatic N) is 4. The summed E-state index contributed by atoms with van der Waals surface area (Å²) < 4.78 is 17.1. The topological polar surface area (TPSA) is 130 Å². The second-order valence-corrected chi connectivity index (χ2v) is 10.8. The first-order valence-corrected chi connectivity index (χ1v) is 13.7. The smallest absolute Gasteiger partial charge is 0.415 e. The van der Waals surface area contributed by atoms with E-state index in [-0.39, 0.29) is 11.3 Å². The Kier molecular flexibility index (Phi) is 8.34. The number of halogens is 1. The SMILES string of the molecule is COc1cc2c(Nc3ccc(OCc4ncccc4C)cc3Cl)c(C#N)cnc2cc1OC(=O)N1CCC(C)(O)CC1. The number of carbonyl (C=O) groups excluding carboxylic acids is 1. The van der Waals surface area contributed by atoms with Gasteiger partial charge in [0, 0.05) is 43.0 Å². The fraction of sp³-hybridized carbons (Fsp3) is 0.290. The van der Waals surface area contributed by atoms with Crippen LogP contribution < -0.4 is 19.5 Å². The highest BCUT2D eigenvalue weighted by atomic mass is 35.5. The van der Waals surface area contributed by atoms with E-state index in [0.29, 0.717) is 71.3 Å². The quantitative estimate of drug-likeness (QED) is 0.262. The first-order valence-electron chi connectivity index (χ1n) is 13.4. The van der Waals surface area contributed by atoms with Crippen LogP contribution in [-0.2, 0) is 6.61 Å². The van der Waals surface area contributed by atoms with E-state index in [1.54, 1.807) is 48.4 Å². The van der Waals surface area contributed by atoms with E-state index < -0.39 is 11.7 Å². The number of piperidine rings is 1. The second kappa shape index (κ2) is 12.1. The Labute approximate surface area is 248 Å². The molecular weight excluding hydrogens is 558 g/mol. The molecule has 11 heteroatoms. The third-order valence-electron chi connectivity index (χ3n) is 7.26. The standard InChI is InChI=1S/C31H30ClN5O5/c1-19-5-4-10-34-26(19)18-41-21-6-7-24(23(32)13-21)36-29-20(16-33)17-35-25-15-28(27(40-3)14-22(25)29)42-30(38)37-11-8-31(2,39)9-12-37/h4-7,10,13-15,17,39H,8-9,11-12,18H2,1-3H3,(H,35,36). The number of aryl methyl sites for hydroxylation is 1. The number of rotatable bonds is 7. The van der Waals surface area contributed by atoms with Crippen LogP contribution in [0.5, 0.6) is 17.2 Å². The third kappa shape index (κ3) is 6.33. The molecule has 0 radical (unpaired) electrons. The van der Waals surface area contributed by atoms with Crippen LogP contribution >= 0.6 is 11.6 Å². The summed E-state index contributed by atoms with van der Waals surface area (Å²) in [5.41, 5.74) is 2.86. The van der Waals surface area contributed by atoms with Gasteiger partial charge in [-0.15, -0.1) is 0 Å². The van der Waals surface area contributed by atoms with Crippen LogP contribution in [0.15, 0.2) is 54.9 Å². The van der Waals surface area contributed by atoms with Gasteiger partial charge in [-0.2, -0.15) is 5.26 Å². The fourth-order valence-corrected chi connectivity index (χ4v) is 4.85. The van der Waals surface area contributed by atoms with Crippen LogP contribution in [0.25, 0.3) is 10.9 Å². The van der Waals surface area contributed by atoms with Crippen molar-refractivity contribution in [1.82, 2.24) is 14.9 Å². The van der Waals surface area contributed by atoms with Crippen molar-refractivity contribution in [2.45, 2.75) is 38.9 Å². The molecule has 216 valence electrons. The highest BCUT2D eigenvalue weighted by Crippen LogP contribution is 2.39. The normalized spacial score (nSPS) is 14.2. The Hall–Kier alpha value is -4.59. The molecule has 10 nitrogen and oxygen atoms in total. The Bertz CT molecular complexity index is 1680. The Morgan fingerprint density at radius 3 is 2.67 bits per heavy atom. The summed E-state index contributed by atoms with van der Waals surface area (Å²) in [5.74, 6) is 1.05. The van der Waals surface area contributed by atoms with Gasteiger partial charge in [-0.1, -0.05) is 17.7 Å². The van der Waals surface area contributed by atoms with E-state index in [2.05, 4.69) is 21.4 Å². The minimum absolute atomic E-state index is 0.193. The molecule has 42 heavy (non-hydrogen) atoms. The largest absolute Gasteiger partial charge is 0.493 e. The zero-order valence-corrected chi connectivity index (χ0v) is 24.2. The van der Waals surface area contributed by atoms with E-state index in [9.17, 15) is 15.2 Å². The summed E-state index contributed by atoms with van der Waals surface area (Å²) in [4.78, 5) is 23.2. The van der Waals surface area contributed by atoms with Gasteiger partial charge in [0.1, 0.15) is 18.4 Å². The summed E-state index contributed by atoms with van der Waals surface area (Å²) in [7, 11) is 1.47. The molecule has 5 rings (SSSR count). The molecule has 1 amide bonds. The molecule has 1 fully saturated rings. The van der Waals surface area contributed by atoms with Gasteiger partial charge in [-0.05, 0) is 56.5 Å². The number of hydrogen-bond acceptors (Lipinski definition) is 9. The number of nitriles is 1. The molecule has 0 bridgehead atoms. The maximum absolute atomic E-state index is 12.9. The first-order chi connectivity index (χ1) is 20.2. The summed E-state index contributed by atoms with van der Waals surface area (Å²) >= 11 is 6.61. The average Bonchev–Trinajstić information content (AvgIpc) is 2.97. The predicted molar refractivity (Wildman–Crippen MR) is 159 cm³/mol. The number of carbonyl (C=O) groups is 1. The predicted octanol–water partition coefficient (Wildman–Crippen LogP) is 6.14. The molecule has 2 aromatic carbocycles. The maximum Gasteiger partial charge on any atom is 0.415 e. The lowest BCUT2D eigenvalue weighted by Crippen LogP contribution is -2.46. The number of aliphatic hydroxyl groups is 1. The van der Waals surface area contributed by atoms with Crippen LogP contribution in [0.1, 0.15) is 36.6 Å². The molecule has 0 spiro atoms. The van der Waals surface area contributed by atoms with Crippen molar-refractivity contribution < 1.29 is 24.1 Å². The Balaban J connectivity index is 1.39. The minimum atomic E-state index is -0.793. The van der Waals surface area contributed by atoms with Gasteiger partial charge in [0.05, 0.1) is 45.9 Å². The maximum atomic E-state index is 12.9. The number of likely N-dealkylation sites (tertiary alicyclic amines) is 1. The van der Waals surface area contributed by atoms with Crippen molar-refractivity contribution in [3.63, 3.8) is 0 Å². The lowest BCUT2D eigenvalue weighted by Gasteiger charge is -2.35. The van der Waals surface area contributed by atoms with Gasteiger partial charge in [0.15, 0.2) is 11.5 Å². The molecule has 4 aromatic rings. The van der Waals surface area contributed by atoms with Crippen LogP contribution in [0.2, 0.25) is 5.02 Å². The molecule has 0 aliphatic carbocycles. The van der Waals surface area contributed by atoms with Crippen molar-refractivity contribution in [3.05, 3.63) is 76.7 Å². The van der Waals surface area contributed by atoms with Crippen molar-refractivity contribution in [3.8, 4) is 23.3 Å². The molecule has 1 aliphatic heterocycles. The number of benzene rings is 2. The highest BCUT2D eigenvalue weighted by molar-refractivity contribution is 6.33. The number of ether oxygens (including phenoxy) is 3. The van der Waals surface area contributed by atoms with Crippen molar-refractivity contribution in [2.24, 2.45) is 0 Å². The van der Waals surface area contributed by atoms with Gasteiger partial charge < -0.3 is 29.5 Å². The monoisotopic (exact) mass is 587 g/mol. The second-order valence-electron chi connectivity index (χ2n) is 10.4. The lowest BCUT2D eigenvalue weighted by molar-refractivity contribution is -0.000264. The van der Waals surface area contributed by atoms with Gasteiger partial charge in [-0.25, -0.2) is 4.79 Å². The minimum Gasteiger partial charge on any atom is -0.493 e. The summed E-state index contributed by atoms with van der Waals surface area (Å²) in [5, 5.41) is 24.2. The van der Waals surface area contributed by atoms with E-state index in [4.69, 9.17) is 25.8 Å². The Morgan fingerprint density at radius 1 is 1.19 bits per heavy atom. The van der Waals surface area contributed by atoms with Gasteiger partial charge in [0.2, 0.25) is 0 Å². The molecule has 0 atom stereocenters. The number of nitrogens with one attached hydrogen (secondary N) is 1. The zero-order chi connectivity index (χ0) is 29.9. The van der Waals surface area contributed by atoms with Crippen molar-refractivity contribution in [1.29, 1.82) is 5.26 Å². The summed E-state index contributed by atoms with van der Waals surface area (Å²) in [6, 6.07) is 14.5. The molecular formula is C31H30ClN5O5. The number of anilines is 2. The summed E-state index contributed by atoms with van der Waals surface area (Å²) in [6.07, 6.45) is 3.55. The average molecular weight is 588 g/mol. The van der Waals surface area contributed by atoms with E-state index in [1.165, 1.54) is 13.3 Å². The number of hydrogen-bond donors (Lipinski definition) is 2. The van der Waals surface area contributed by atoms with Crippen molar-refractivity contribution >= 4 is 40.0 Å². The van der Waals surface area contributed by atoms with Crippen LogP contribution in [0, 0.1) is 18.3 Å². The third-order valence-corrected chi connectivity index (χ3v) is 7.58. The van der Waals surface area contributed by atoms with Crippen LogP contribution in [-0.4, -0.2) is 51.9 Å². The molecule has 2 N–H and O–H groups in total. The van der Waals surface area contributed by atoms with Crippen LogP contribution in [0.3, 0.4) is 0 Å². The number of fused-ring (bicyclic) bond motifs is 1. The van der Waals surface area contributed by atoms with Crippen LogP contribution in [0.4, 0.5) is 16.2 Å². The van der Waals surface area contributed by atoms with E-state index in [0.717, 1.165) is 11.3 Å². The molecule has 2 aromatic heterocycles. The first kappa shape index (κ1) is 28.9. The zero-order valence-electron chi connectivity index (χ0n) is 23.5. The molecule has 0 saturated carbocycles. The van der Waals surface area contributed by atoms with Gasteiger partial charge in [0.25, 0.3) is 0 Å². The molecule has 3 heterocycles. The number of amides is 1. The van der Waals surface area contributed by atoms with Gasteiger partial charge in [-0.3, -0.25) is 9.97 Å². The molecule has 1 saturated heterocycles. The Morgan fingerprint density at radius 2 is 1.98 bits per heavy atom. The van der Waals surface area contributed by atoms with E-state index in [1.807, 2.05) is 19.1 Å². The van der Waals surface area contributed by atoms with Gasteiger partial charge >= 0.3 is 6.09 Å². The number of methoxy groups -OCH3 is 1.